The molecule has 0 amide bonds. The summed E-state index contributed by atoms with van der Waals surface area (Å²) in [5.41, 5.74) is 0. The molecule has 0 saturated carbocycles. The molecule has 6 nitrogen and oxygen atoms in total. The molecular weight excluding hydrogens is 280 g/mol. The molecule has 0 radical (unpaired) electrons. The Morgan fingerprint density at radius 2 is 1.90 bits per heavy atom. The number of hydrogen-bond acceptors (Lipinski definition) is 6. The van der Waals surface area contributed by atoms with Gasteiger partial charge in [-0.3, -0.25) is 0 Å². The van der Waals surface area contributed by atoms with Crippen molar-refractivity contribution in [3.05, 3.63) is 29.3 Å². The van der Waals surface area contributed by atoms with Gasteiger partial charge in [-0.1, -0.05) is 30.7 Å². The van der Waals surface area contributed by atoms with Crippen LogP contribution in [0, 0.1) is 0 Å². The van der Waals surface area contributed by atoms with Gasteiger partial charge >= 0.3 is 12.0 Å². The van der Waals surface area contributed by atoms with Crippen LogP contribution in [0.5, 0.6) is 17.8 Å². The molecule has 0 unspecified atom stereocenters. The highest BCUT2D eigenvalue weighted by atomic mass is 35.5. The van der Waals surface area contributed by atoms with Gasteiger partial charge in [-0.05, 0) is 18.6 Å². The first kappa shape index (κ1) is 14.3. The average Bonchev–Trinajstić information content (AvgIpc) is 2.47. The van der Waals surface area contributed by atoms with Gasteiger partial charge in [0.05, 0.1) is 11.6 Å². The van der Waals surface area contributed by atoms with Crippen molar-refractivity contribution in [1.29, 1.82) is 0 Å². The Kier molecular flexibility index (Phi) is 4.95. The molecule has 0 aliphatic carbocycles. The van der Waals surface area contributed by atoms with Crippen molar-refractivity contribution in [2.24, 2.45) is 0 Å². The van der Waals surface area contributed by atoms with E-state index in [2.05, 4.69) is 20.3 Å². The maximum absolute atomic E-state index is 6.03. The number of nitrogens with zero attached hydrogens (tertiary/aromatic N) is 3. The second kappa shape index (κ2) is 6.91. The number of aromatic nitrogens is 3. The van der Waals surface area contributed by atoms with Crippen LogP contribution in [0.15, 0.2) is 24.3 Å². The number of hydrogen-bond donors (Lipinski definition) is 1. The monoisotopic (exact) mass is 294 g/mol. The van der Waals surface area contributed by atoms with Gasteiger partial charge in [-0.2, -0.15) is 9.97 Å². The Labute approximate surface area is 122 Å². The van der Waals surface area contributed by atoms with Crippen molar-refractivity contribution in [2.45, 2.75) is 13.3 Å². The van der Waals surface area contributed by atoms with Crippen molar-refractivity contribution >= 4 is 17.5 Å². The minimum absolute atomic E-state index is 0.128. The molecular formula is C13H15ClN4O2. The van der Waals surface area contributed by atoms with Gasteiger partial charge in [0.1, 0.15) is 5.75 Å². The molecule has 2 rings (SSSR count). The zero-order valence-corrected chi connectivity index (χ0v) is 12.0. The lowest BCUT2D eigenvalue weighted by molar-refractivity contribution is 0.285. The summed E-state index contributed by atoms with van der Waals surface area (Å²) >= 11 is 6.03. The molecule has 1 aromatic heterocycles. The highest BCUT2D eigenvalue weighted by molar-refractivity contribution is 6.32. The van der Waals surface area contributed by atoms with Crippen molar-refractivity contribution < 1.29 is 9.47 Å². The molecule has 0 spiro atoms. The van der Waals surface area contributed by atoms with Crippen LogP contribution in [0.1, 0.15) is 13.3 Å². The van der Waals surface area contributed by atoms with Crippen LogP contribution in [-0.2, 0) is 0 Å². The summed E-state index contributed by atoms with van der Waals surface area (Å²) < 4.78 is 10.9. The minimum Gasteiger partial charge on any atom is -0.463 e. The molecule has 20 heavy (non-hydrogen) atoms. The summed E-state index contributed by atoms with van der Waals surface area (Å²) in [5, 5.41) is 3.31. The van der Waals surface area contributed by atoms with Gasteiger partial charge < -0.3 is 14.8 Å². The molecule has 0 bridgehead atoms. The summed E-state index contributed by atoms with van der Waals surface area (Å²) in [7, 11) is 1.71. The molecule has 0 atom stereocenters. The number of ether oxygens (including phenoxy) is 2. The van der Waals surface area contributed by atoms with E-state index >= 15 is 0 Å². The van der Waals surface area contributed by atoms with Gasteiger partial charge in [-0.25, -0.2) is 0 Å². The van der Waals surface area contributed by atoms with E-state index in [0.717, 1.165) is 6.42 Å². The molecule has 0 aliphatic rings. The lowest BCUT2D eigenvalue weighted by atomic mass is 10.3. The SMILES string of the molecule is CCCOc1nc(NC)nc(Oc2ccccc2Cl)n1. The van der Waals surface area contributed by atoms with Crippen LogP contribution in [0.2, 0.25) is 5.02 Å². The first-order valence-corrected chi connectivity index (χ1v) is 6.59. The van der Waals surface area contributed by atoms with E-state index in [1.807, 2.05) is 19.1 Å². The molecule has 0 saturated heterocycles. The normalized spacial score (nSPS) is 10.2. The molecule has 2 aromatic rings. The van der Waals surface area contributed by atoms with Crippen molar-refractivity contribution in [3.8, 4) is 17.8 Å². The summed E-state index contributed by atoms with van der Waals surface area (Å²) in [5.74, 6) is 0.844. The predicted molar refractivity (Wildman–Crippen MR) is 76.7 cm³/mol. The highest BCUT2D eigenvalue weighted by Gasteiger charge is 2.10. The van der Waals surface area contributed by atoms with Crippen molar-refractivity contribution in [1.82, 2.24) is 15.0 Å². The van der Waals surface area contributed by atoms with Crippen LogP contribution < -0.4 is 14.8 Å². The molecule has 0 fully saturated rings. The number of nitrogens with one attached hydrogen (secondary N) is 1. The fourth-order valence-corrected chi connectivity index (χ4v) is 1.55. The van der Waals surface area contributed by atoms with E-state index in [9.17, 15) is 0 Å². The summed E-state index contributed by atoms with van der Waals surface area (Å²) in [4.78, 5) is 12.3. The van der Waals surface area contributed by atoms with Gasteiger partial charge in [0.25, 0.3) is 0 Å². The molecule has 7 heteroatoms. The largest absolute Gasteiger partial charge is 0.463 e. The Morgan fingerprint density at radius 1 is 1.15 bits per heavy atom. The maximum Gasteiger partial charge on any atom is 0.330 e. The van der Waals surface area contributed by atoms with Crippen LogP contribution >= 0.6 is 11.6 Å². The lowest BCUT2D eigenvalue weighted by Gasteiger charge is -2.08. The van der Waals surface area contributed by atoms with Gasteiger partial charge in [0.15, 0.2) is 0 Å². The molecule has 1 N–H and O–H groups in total. The first-order chi connectivity index (χ1) is 9.72. The number of rotatable bonds is 6. The molecule has 0 aliphatic heterocycles. The van der Waals surface area contributed by atoms with E-state index in [0.29, 0.717) is 23.3 Å². The Bertz CT molecular complexity index is 580. The number of para-hydroxylation sites is 1. The third kappa shape index (κ3) is 3.71. The summed E-state index contributed by atoms with van der Waals surface area (Å²) in [6, 6.07) is 7.44. The Morgan fingerprint density at radius 3 is 2.60 bits per heavy atom. The van der Waals surface area contributed by atoms with Gasteiger partial charge in [-0.15, -0.1) is 4.98 Å². The summed E-state index contributed by atoms with van der Waals surface area (Å²) in [6.07, 6.45) is 0.862. The van der Waals surface area contributed by atoms with Crippen LogP contribution in [0.3, 0.4) is 0 Å². The van der Waals surface area contributed by atoms with E-state index in [-0.39, 0.29) is 12.0 Å². The van der Waals surface area contributed by atoms with Crippen molar-refractivity contribution in [3.63, 3.8) is 0 Å². The Hall–Kier alpha value is -2.08. The summed E-state index contributed by atoms with van der Waals surface area (Å²) in [6.45, 7) is 2.53. The fourth-order valence-electron chi connectivity index (χ4n) is 1.38. The van der Waals surface area contributed by atoms with E-state index < -0.39 is 0 Å². The van der Waals surface area contributed by atoms with E-state index in [4.69, 9.17) is 21.1 Å². The topological polar surface area (TPSA) is 69.2 Å². The molecule has 1 heterocycles. The van der Waals surface area contributed by atoms with Crippen LogP contribution in [-0.4, -0.2) is 28.6 Å². The minimum atomic E-state index is 0.128. The molecule has 106 valence electrons. The zero-order chi connectivity index (χ0) is 14.4. The van der Waals surface area contributed by atoms with Gasteiger partial charge in [0, 0.05) is 7.05 Å². The number of anilines is 1. The van der Waals surface area contributed by atoms with E-state index in [1.165, 1.54) is 0 Å². The first-order valence-electron chi connectivity index (χ1n) is 6.22. The second-order valence-corrected chi connectivity index (χ2v) is 4.26. The number of benzene rings is 1. The third-order valence-corrected chi connectivity index (χ3v) is 2.60. The van der Waals surface area contributed by atoms with Crippen molar-refractivity contribution in [2.75, 3.05) is 19.0 Å². The third-order valence-electron chi connectivity index (χ3n) is 2.29. The highest BCUT2D eigenvalue weighted by Crippen LogP contribution is 2.27. The lowest BCUT2D eigenvalue weighted by Crippen LogP contribution is -2.06. The zero-order valence-electron chi connectivity index (χ0n) is 11.3. The Balaban J connectivity index is 2.24. The average molecular weight is 295 g/mol. The predicted octanol–water partition coefficient (Wildman–Crippen LogP) is 3.15. The van der Waals surface area contributed by atoms with Gasteiger partial charge in [0.2, 0.25) is 5.95 Å². The quantitative estimate of drug-likeness (QED) is 0.882. The van der Waals surface area contributed by atoms with Crippen LogP contribution in [0.4, 0.5) is 5.95 Å². The number of halogens is 1. The smallest absolute Gasteiger partial charge is 0.330 e. The standard InChI is InChI=1S/C13H15ClN4O2/c1-3-8-19-12-16-11(15-2)17-13(18-12)20-10-7-5-4-6-9(10)14/h4-7H,3,8H2,1-2H3,(H,15,16,17,18). The fraction of sp³-hybridized carbons (Fsp3) is 0.308. The van der Waals surface area contributed by atoms with E-state index in [1.54, 1.807) is 19.2 Å². The second-order valence-electron chi connectivity index (χ2n) is 3.86. The van der Waals surface area contributed by atoms with Crippen LogP contribution in [0.25, 0.3) is 0 Å². The maximum atomic E-state index is 6.03. The molecule has 1 aromatic carbocycles.